The Morgan fingerprint density at radius 1 is 1.50 bits per heavy atom. The highest BCUT2D eigenvalue weighted by Crippen LogP contribution is 2.33. The van der Waals surface area contributed by atoms with Gasteiger partial charge in [-0.3, -0.25) is 0 Å². The summed E-state index contributed by atoms with van der Waals surface area (Å²) in [5.74, 6) is 0. The van der Waals surface area contributed by atoms with E-state index in [1.807, 2.05) is 6.07 Å². The van der Waals surface area contributed by atoms with Crippen molar-refractivity contribution < 1.29 is 4.79 Å². The van der Waals surface area contributed by atoms with Crippen LogP contribution in [0.5, 0.6) is 0 Å². The van der Waals surface area contributed by atoms with Crippen molar-refractivity contribution in [2.75, 3.05) is 0 Å². The van der Waals surface area contributed by atoms with Gasteiger partial charge >= 0.3 is 0 Å². The fourth-order valence-corrected chi connectivity index (χ4v) is 2.32. The minimum atomic E-state index is 0.0220. The third kappa shape index (κ3) is 1.79. The van der Waals surface area contributed by atoms with Gasteiger partial charge in [-0.2, -0.15) is 4.99 Å². The molecule has 3 heteroatoms. The van der Waals surface area contributed by atoms with Gasteiger partial charge in [0.25, 0.3) is 0 Å². The summed E-state index contributed by atoms with van der Waals surface area (Å²) < 4.78 is 1.05. The predicted molar refractivity (Wildman–Crippen MR) is 57.9 cm³/mol. The summed E-state index contributed by atoms with van der Waals surface area (Å²) in [5, 5.41) is 0. The Morgan fingerprint density at radius 2 is 2.36 bits per heavy atom. The summed E-state index contributed by atoms with van der Waals surface area (Å²) >= 11 is 3.43. The number of benzene rings is 1. The molecule has 1 unspecified atom stereocenters. The standard InChI is InChI=1S/C11H10BrNO/c12-9-5-4-8-2-1-3-11(13-7-14)10(8)6-9/h4-6,11H,1-3H2. The maximum atomic E-state index is 10.3. The normalized spacial score (nSPS) is 19.6. The van der Waals surface area contributed by atoms with Gasteiger partial charge in [-0.15, -0.1) is 0 Å². The Hall–Kier alpha value is -0.920. The van der Waals surface area contributed by atoms with Crippen molar-refractivity contribution in [3.63, 3.8) is 0 Å². The maximum Gasteiger partial charge on any atom is 0.235 e. The molecule has 14 heavy (non-hydrogen) atoms. The van der Waals surface area contributed by atoms with E-state index in [1.165, 1.54) is 11.1 Å². The van der Waals surface area contributed by atoms with E-state index >= 15 is 0 Å². The quantitative estimate of drug-likeness (QED) is 0.557. The molecular formula is C11H10BrNO. The van der Waals surface area contributed by atoms with Crippen LogP contribution in [0.1, 0.15) is 30.0 Å². The number of halogens is 1. The molecule has 0 radical (unpaired) electrons. The summed E-state index contributed by atoms with van der Waals surface area (Å²) in [6, 6.07) is 6.21. The number of fused-ring (bicyclic) bond motifs is 1. The monoisotopic (exact) mass is 251 g/mol. The third-order valence-electron chi connectivity index (χ3n) is 2.60. The van der Waals surface area contributed by atoms with E-state index in [0.29, 0.717) is 0 Å². The van der Waals surface area contributed by atoms with Crippen molar-refractivity contribution in [2.45, 2.75) is 25.3 Å². The molecule has 0 saturated heterocycles. The number of aryl methyl sites for hydroxylation is 1. The van der Waals surface area contributed by atoms with Crippen molar-refractivity contribution in [1.82, 2.24) is 0 Å². The molecule has 1 aliphatic rings. The molecule has 72 valence electrons. The molecule has 0 saturated carbocycles. The highest BCUT2D eigenvalue weighted by molar-refractivity contribution is 9.10. The van der Waals surface area contributed by atoms with Crippen molar-refractivity contribution in [2.24, 2.45) is 4.99 Å². The van der Waals surface area contributed by atoms with Gasteiger partial charge in [-0.25, -0.2) is 4.79 Å². The van der Waals surface area contributed by atoms with Crippen molar-refractivity contribution in [3.8, 4) is 0 Å². The van der Waals surface area contributed by atoms with Gasteiger partial charge in [-0.05, 0) is 42.5 Å². The van der Waals surface area contributed by atoms with E-state index in [4.69, 9.17) is 0 Å². The molecule has 1 atom stereocenters. The van der Waals surface area contributed by atoms with Gasteiger partial charge in [0, 0.05) is 4.47 Å². The first-order valence-electron chi connectivity index (χ1n) is 4.66. The van der Waals surface area contributed by atoms with Gasteiger partial charge in [0.1, 0.15) is 0 Å². The van der Waals surface area contributed by atoms with Gasteiger partial charge in [-0.1, -0.05) is 22.0 Å². The minimum Gasteiger partial charge on any atom is -0.211 e. The molecule has 0 amide bonds. The number of isocyanates is 1. The summed E-state index contributed by atoms with van der Waals surface area (Å²) in [4.78, 5) is 14.1. The van der Waals surface area contributed by atoms with Crippen LogP contribution in [0.4, 0.5) is 0 Å². The minimum absolute atomic E-state index is 0.0220. The van der Waals surface area contributed by atoms with Crippen LogP contribution in [0.2, 0.25) is 0 Å². The first-order chi connectivity index (χ1) is 6.81. The molecule has 0 spiro atoms. The SMILES string of the molecule is O=C=NC1CCCc2ccc(Br)cc21. The van der Waals surface area contributed by atoms with Crippen LogP contribution in [0.25, 0.3) is 0 Å². The second kappa shape index (κ2) is 4.07. The molecule has 1 aromatic rings. The molecule has 0 N–H and O–H groups in total. The lowest BCUT2D eigenvalue weighted by Crippen LogP contribution is -2.07. The molecule has 1 aliphatic carbocycles. The van der Waals surface area contributed by atoms with Crippen LogP contribution in [0.3, 0.4) is 0 Å². The Kier molecular flexibility index (Phi) is 2.80. The largest absolute Gasteiger partial charge is 0.235 e. The Morgan fingerprint density at radius 3 is 3.14 bits per heavy atom. The van der Waals surface area contributed by atoms with E-state index < -0.39 is 0 Å². The number of hydrogen-bond donors (Lipinski definition) is 0. The fraction of sp³-hybridized carbons (Fsp3) is 0.364. The highest BCUT2D eigenvalue weighted by Gasteiger charge is 2.19. The lowest BCUT2D eigenvalue weighted by molar-refractivity contribution is 0.538. The topological polar surface area (TPSA) is 29.4 Å². The average molecular weight is 252 g/mol. The van der Waals surface area contributed by atoms with Crippen LogP contribution in [0.15, 0.2) is 27.7 Å². The Bertz CT molecular complexity index is 396. The van der Waals surface area contributed by atoms with Gasteiger partial charge < -0.3 is 0 Å². The van der Waals surface area contributed by atoms with Crippen LogP contribution in [-0.4, -0.2) is 6.08 Å². The van der Waals surface area contributed by atoms with E-state index in [1.54, 1.807) is 6.08 Å². The zero-order valence-electron chi connectivity index (χ0n) is 7.66. The summed E-state index contributed by atoms with van der Waals surface area (Å²) in [5.41, 5.74) is 2.48. The maximum absolute atomic E-state index is 10.3. The number of nitrogens with zero attached hydrogens (tertiary/aromatic N) is 1. The molecular weight excluding hydrogens is 242 g/mol. The molecule has 2 nitrogen and oxygen atoms in total. The highest BCUT2D eigenvalue weighted by atomic mass is 79.9. The van der Waals surface area contributed by atoms with Gasteiger partial charge in [0.2, 0.25) is 6.08 Å². The lowest BCUT2D eigenvalue weighted by Gasteiger charge is -2.21. The average Bonchev–Trinajstić information content (AvgIpc) is 2.19. The van der Waals surface area contributed by atoms with Crippen LogP contribution < -0.4 is 0 Å². The van der Waals surface area contributed by atoms with Crippen LogP contribution >= 0.6 is 15.9 Å². The van der Waals surface area contributed by atoms with E-state index in [2.05, 4.69) is 33.1 Å². The summed E-state index contributed by atoms with van der Waals surface area (Å²) in [6.07, 6.45) is 4.81. The molecule has 0 bridgehead atoms. The second-order valence-corrected chi connectivity index (χ2v) is 4.39. The van der Waals surface area contributed by atoms with E-state index in [-0.39, 0.29) is 6.04 Å². The summed E-state index contributed by atoms with van der Waals surface area (Å²) in [6.45, 7) is 0. The number of aliphatic imine (C=N–C) groups is 1. The molecule has 0 aliphatic heterocycles. The van der Waals surface area contributed by atoms with Gasteiger partial charge in [0.15, 0.2) is 0 Å². The number of carbonyl (C=O) groups excluding carboxylic acids is 1. The van der Waals surface area contributed by atoms with Crippen LogP contribution in [-0.2, 0) is 11.2 Å². The van der Waals surface area contributed by atoms with Crippen molar-refractivity contribution in [1.29, 1.82) is 0 Å². The number of rotatable bonds is 1. The fourth-order valence-electron chi connectivity index (χ4n) is 1.94. The Labute approximate surface area is 91.2 Å². The molecule has 0 aromatic heterocycles. The predicted octanol–water partition coefficient (Wildman–Crippen LogP) is 3.16. The molecule has 0 heterocycles. The van der Waals surface area contributed by atoms with Crippen molar-refractivity contribution in [3.05, 3.63) is 33.8 Å². The molecule has 0 fully saturated rings. The number of hydrogen-bond acceptors (Lipinski definition) is 2. The first kappa shape index (κ1) is 9.63. The third-order valence-corrected chi connectivity index (χ3v) is 3.09. The van der Waals surface area contributed by atoms with E-state index in [0.717, 1.165) is 23.7 Å². The van der Waals surface area contributed by atoms with Crippen LogP contribution in [0, 0.1) is 0 Å². The van der Waals surface area contributed by atoms with Crippen molar-refractivity contribution >= 4 is 22.0 Å². The smallest absolute Gasteiger partial charge is 0.211 e. The second-order valence-electron chi connectivity index (χ2n) is 3.47. The lowest BCUT2D eigenvalue weighted by atomic mass is 9.88. The zero-order chi connectivity index (χ0) is 9.97. The first-order valence-corrected chi connectivity index (χ1v) is 5.46. The Balaban J connectivity index is 2.46. The van der Waals surface area contributed by atoms with E-state index in [9.17, 15) is 4.79 Å². The van der Waals surface area contributed by atoms with Gasteiger partial charge in [0.05, 0.1) is 6.04 Å². The zero-order valence-corrected chi connectivity index (χ0v) is 9.25. The molecule has 1 aromatic carbocycles. The summed E-state index contributed by atoms with van der Waals surface area (Å²) in [7, 11) is 0. The molecule has 2 rings (SSSR count).